The maximum absolute atomic E-state index is 12.2. The molecule has 1 saturated carbocycles. The molecule has 198 valence electrons. The molecule has 0 radical (unpaired) electrons. The highest BCUT2D eigenvalue weighted by atomic mass is 35.5. The maximum Gasteiger partial charge on any atom is 0.255 e. The Morgan fingerprint density at radius 2 is 1.82 bits per heavy atom. The minimum absolute atomic E-state index is 0.153. The van der Waals surface area contributed by atoms with Crippen molar-refractivity contribution in [1.82, 2.24) is 24.1 Å². The number of aromatic nitrogens is 5. The van der Waals surface area contributed by atoms with E-state index in [0.717, 1.165) is 53.5 Å². The molecule has 6 rings (SSSR count). The van der Waals surface area contributed by atoms with Gasteiger partial charge >= 0.3 is 0 Å². The van der Waals surface area contributed by atoms with E-state index >= 15 is 0 Å². The summed E-state index contributed by atoms with van der Waals surface area (Å²) in [7, 11) is 1.67. The first-order valence-electron chi connectivity index (χ1n) is 12.9. The van der Waals surface area contributed by atoms with Crippen LogP contribution in [0.5, 0.6) is 5.75 Å². The van der Waals surface area contributed by atoms with Crippen molar-refractivity contribution in [2.24, 2.45) is 0 Å². The third-order valence-corrected chi connectivity index (χ3v) is 7.27. The van der Waals surface area contributed by atoms with Gasteiger partial charge in [0.25, 0.3) is 5.56 Å². The molecule has 4 heterocycles. The van der Waals surface area contributed by atoms with Crippen molar-refractivity contribution in [3.05, 3.63) is 100 Å². The van der Waals surface area contributed by atoms with Gasteiger partial charge in [0.1, 0.15) is 11.6 Å². The fraction of sp³-hybridized carbons (Fsp3) is 0.241. The predicted molar refractivity (Wildman–Crippen MR) is 153 cm³/mol. The van der Waals surface area contributed by atoms with E-state index < -0.39 is 0 Å². The van der Waals surface area contributed by atoms with E-state index in [1.54, 1.807) is 31.8 Å². The average Bonchev–Trinajstić information content (AvgIpc) is 3.55. The van der Waals surface area contributed by atoms with Crippen LogP contribution in [0.2, 0.25) is 5.02 Å². The molecule has 2 N–H and O–H groups in total. The Kier molecular flexibility index (Phi) is 6.89. The monoisotopic (exact) mass is 541 g/mol. The Hall–Kier alpha value is -4.37. The molecule has 10 heteroatoms. The van der Waals surface area contributed by atoms with Crippen molar-refractivity contribution in [1.29, 1.82) is 0 Å². The first-order valence-corrected chi connectivity index (χ1v) is 13.3. The van der Waals surface area contributed by atoms with E-state index in [0.29, 0.717) is 17.3 Å². The highest BCUT2D eigenvalue weighted by molar-refractivity contribution is 6.30. The molecule has 0 unspecified atom stereocenters. The van der Waals surface area contributed by atoms with Crippen LogP contribution in [-0.4, -0.2) is 43.3 Å². The number of rotatable bonds is 8. The molecule has 2 atom stereocenters. The van der Waals surface area contributed by atoms with Crippen LogP contribution in [0.15, 0.2) is 84.0 Å². The second-order valence-corrected chi connectivity index (χ2v) is 10.1. The lowest BCUT2D eigenvalue weighted by Gasteiger charge is -2.17. The van der Waals surface area contributed by atoms with Gasteiger partial charge in [0, 0.05) is 30.5 Å². The lowest BCUT2D eigenvalue weighted by atomic mass is 10.2. The summed E-state index contributed by atoms with van der Waals surface area (Å²) in [5.74, 6) is 2.43. The molecule has 5 aromatic rings. The number of fused-ring (bicyclic) bond motifs is 1. The first-order chi connectivity index (χ1) is 19.1. The third-order valence-electron chi connectivity index (χ3n) is 7.04. The second kappa shape index (κ2) is 10.8. The number of nitrogens with zero attached hydrogens (tertiary/aromatic N) is 5. The molecule has 0 saturated heterocycles. The number of imidazole rings is 1. The second-order valence-electron chi connectivity index (χ2n) is 9.67. The van der Waals surface area contributed by atoms with Gasteiger partial charge in [-0.05, 0) is 67.3 Å². The minimum Gasteiger partial charge on any atom is -0.497 e. The van der Waals surface area contributed by atoms with Gasteiger partial charge < -0.3 is 19.9 Å². The molecule has 1 aromatic carbocycles. The van der Waals surface area contributed by atoms with Crippen LogP contribution in [-0.2, 0) is 6.54 Å². The fourth-order valence-electron chi connectivity index (χ4n) is 5.06. The van der Waals surface area contributed by atoms with Gasteiger partial charge in [-0.1, -0.05) is 23.7 Å². The van der Waals surface area contributed by atoms with Crippen LogP contribution in [0.3, 0.4) is 0 Å². The van der Waals surface area contributed by atoms with Crippen LogP contribution >= 0.6 is 11.6 Å². The van der Waals surface area contributed by atoms with Crippen LogP contribution in [0.4, 0.5) is 11.8 Å². The smallest absolute Gasteiger partial charge is 0.255 e. The van der Waals surface area contributed by atoms with E-state index in [1.807, 2.05) is 30.3 Å². The first kappa shape index (κ1) is 24.9. The fourth-order valence-corrected chi connectivity index (χ4v) is 5.22. The number of nitrogens with one attached hydrogen (secondary N) is 2. The van der Waals surface area contributed by atoms with E-state index in [4.69, 9.17) is 21.3 Å². The highest BCUT2D eigenvalue weighted by Crippen LogP contribution is 2.28. The van der Waals surface area contributed by atoms with Crippen molar-refractivity contribution in [2.45, 2.75) is 37.9 Å². The van der Waals surface area contributed by atoms with Crippen molar-refractivity contribution in [2.75, 3.05) is 17.7 Å². The van der Waals surface area contributed by atoms with Crippen LogP contribution in [0.25, 0.3) is 16.9 Å². The summed E-state index contributed by atoms with van der Waals surface area (Å²) in [5.41, 5.74) is 3.39. The molecule has 1 aliphatic rings. The van der Waals surface area contributed by atoms with Crippen LogP contribution in [0.1, 0.15) is 24.8 Å². The van der Waals surface area contributed by atoms with Crippen molar-refractivity contribution < 1.29 is 4.74 Å². The largest absolute Gasteiger partial charge is 0.497 e. The number of halogens is 1. The lowest BCUT2D eigenvalue weighted by molar-refractivity contribution is 0.414. The van der Waals surface area contributed by atoms with Crippen molar-refractivity contribution in [3.63, 3.8) is 0 Å². The number of hydrogen-bond donors (Lipinski definition) is 2. The number of ether oxygens (including phenoxy) is 1. The van der Waals surface area contributed by atoms with E-state index in [2.05, 4.69) is 43.4 Å². The molecular weight excluding hydrogens is 514 g/mol. The van der Waals surface area contributed by atoms with E-state index in [1.165, 1.54) is 10.6 Å². The number of pyridine rings is 3. The quantitative estimate of drug-likeness (QED) is 0.281. The minimum atomic E-state index is -0.153. The zero-order valence-electron chi connectivity index (χ0n) is 21.4. The zero-order valence-corrected chi connectivity index (χ0v) is 22.2. The number of methoxy groups -OCH3 is 1. The maximum atomic E-state index is 12.2. The molecule has 0 spiro atoms. The molecule has 0 amide bonds. The van der Waals surface area contributed by atoms with Crippen molar-refractivity contribution >= 4 is 34.5 Å². The van der Waals surface area contributed by atoms with Crippen LogP contribution in [0, 0.1) is 0 Å². The van der Waals surface area contributed by atoms with E-state index in [9.17, 15) is 4.79 Å². The summed E-state index contributed by atoms with van der Waals surface area (Å²) >= 11 is 6.05. The Morgan fingerprint density at radius 3 is 2.59 bits per heavy atom. The van der Waals surface area contributed by atoms with Gasteiger partial charge in [-0.25, -0.2) is 9.97 Å². The number of hydrogen-bond acceptors (Lipinski definition) is 7. The normalized spacial score (nSPS) is 16.9. The summed E-state index contributed by atoms with van der Waals surface area (Å²) in [4.78, 5) is 26.0. The zero-order chi connectivity index (χ0) is 26.8. The molecule has 0 bridgehead atoms. The summed E-state index contributed by atoms with van der Waals surface area (Å²) in [6, 6.07) is 19.4. The molecule has 1 aliphatic carbocycles. The highest BCUT2D eigenvalue weighted by Gasteiger charge is 2.26. The molecular formula is C29H28ClN7O2. The summed E-state index contributed by atoms with van der Waals surface area (Å²) in [6.45, 7) is 0.675. The Balaban J connectivity index is 1.14. The molecule has 1 fully saturated rings. The van der Waals surface area contributed by atoms with Gasteiger partial charge in [-0.2, -0.15) is 4.98 Å². The lowest BCUT2D eigenvalue weighted by Crippen LogP contribution is -2.23. The van der Waals surface area contributed by atoms with Crippen LogP contribution < -0.4 is 20.9 Å². The van der Waals surface area contributed by atoms with Crippen molar-refractivity contribution in [3.8, 4) is 11.4 Å². The number of anilines is 2. The average molecular weight is 542 g/mol. The summed E-state index contributed by atoms with van der Waals surface area (Å²) in [6.07, 6.45) is 7.99. The SMILES string of the molecule is COc1ccc(Cn2c(N[C@H]3CC[C@H](Nc4ccc(-n5cc(Cl)ccc5=O)cn4)C3)nc3ncccc32)cc1. The third kappa shape index (κ3) is 5.44. The van der Waals surface area contributed by atoms with E-state index in [-0.39, 0.29) is 17.6 Å². The van der Waals surface area contributed by atoms with Gasteiger partial charge in [-0.3, -0.25) is 9.36 Å². The Bertz CT molecular complexity index is 1650. The Labute approximate surface area is 230 Å². The molecule has 39 heavy (non-hydrogen) atoms. The topological polar surface area (TPSA) is 98.9 Å². The van der Waals surface area contributed by atoms with Gasteiger partial charge in [0.05, 0.1) is 36.1 Å². The number of benzene rings is 1. The molecule has 4 aromatic heterocycles. The Morgan fingerprint density at radius 1 is 1.00 bits per heavy atom. The van der Waals surface area contributed by atoms with Gasteiger partial charge in [-0.15, -0.1) is 0 Å². The molecule has 9 nitrogen and oxygen atoms in total. The predicted octanol–water partition coefficient (Wildman–Crippen LogP) is 5.13. The standard InChI is InChI=1S/C29H28ClN7O2/c1-39-24-10-4-19(5-11-24)17-37-25-3-2-14-31-28(25)35-29(37)34-22-8-7-21(15-22)33-26-12-9-23(16-32-26)36-18-20(30)6-13-27(36)38/h2-6,9-14,16,18,21-22H,7-8,15,17H2,1H3,(H,32,33)(H,31,34,35)/t21-,22-/m0/s1. The summed E-state index contributed by atoms with van der Waals surface area (Å²) < 4.78 is 8.98. The van der Waals surface area contributed by atoms with Gasteiger partial charge in [0.15, 0.2) is 5.65 Å². The van der Waals surface area contributed by atoms with Gasteiger partial charge in [0.2, 0.25) is 5.95 Å². The summed E-state index contributed by atoms with van der Waals surface area (Å²) in [5, 5.41) is 7.71. The molecule has 0 aliphatic heterocycles.